The zero-order chi connectivity index (χ0) is 10.9. The largest absolute Gasteiger partial charge is 0.355 e. The predicted molar refractivity (Wildman–Crippen MR) is 56.6 cm³/mol. The van der Waals surface area contributed by atoms with E-state index < -0.39 is 7.60 Å². The standard InChI is InChI=1S/C10H13O3P/c1-4-7-10-14(11,12-8-5-2)13-9-6-3/h2-3,7,10H,4,8-9H2,1H3. The minimum Gasteiger partial charge on any atom is -0.293 e. The van der Waals surface area contributed by atoms with Crippen LogP contribution in [0.25, 0.3) is 0 Å². The fraction of sp³-hybridized carbons (Fsp3) is 0.400. The van der Waals surface area contributed by atoms with Crippen molar-refractivity contribution in [1.29, 1.82) is 0 Å². The molecule has 0 aliphatic heterocycles. The zero-order valence-electron chi connectivity index (χ0n) is 8.10. The number of terminal acetylenes is 2. The molecule has 0 saturated heterocycles. The van der Waals surface area contributed by atoms with Gasteiger partial charge in [-0.2, -0.15) is 0 Å². The van der Waals surface area contributed by atoms with Gasteiger partial charge in [-0.25, -0.2) is 0 Å². The van der Waals surface area contributed by atoms with E-state index in [1.54, 1.807) is 6.08 Å². The third-order valence-electron chi connectivity index (χ3n) is 1.18. The maximum Gasteiger partial charge on any atom is 0.355 e. The highest BCUT2D eigenvalue weighted by Crippen LogP contribution is 2.49. The Morgan fingerprint density at radius 1 is 1.29 bits per heavy atom. The lowest BCUT2D eigenvalue weighted by molar-refractivity contribution is 0.251. The van der Waals surface area contributed by atoms with Gasteiger partial charge in [0.25, 0.3) is 0 Å². The van der Waals surface area contributed by atoms with Crippen molar-refractivity contribution in [2.45, 2.75) is 13.3 Å². The van der Waals surface area contributed by atoms with E-state index in [9.17, 15) is 4.57 Å². The summed E-state index contributed by atoms with van der Waals surface area (Å²) in [4.78, 5) is 0. The van der Waals surface area contributed by atoms with E-state index in [-0.39, 0.29) is 13.2 Å². The van der Waals surface area contributed by atoms with Gasteiger partial charge in [-0.05, 0) is 6.42 Å². The molecule has 0 radical (unpaired) electrons. The van der Waals surface area contributed by atoms with E-state index in [1.807, 2.05) is 6.92 Å². The summed E-state index contributed by atoms with van der Waals surface area (Å²) in [6.45, 7) is 1.79. The summed E-state index contributed by atoms with van der Waals surface area (Å²) in [5, 5.41) is 0. The molecule has 0 aliphatic rings. The molecule has 0 N–H and O–H groups in total. The van der Waals surface area contributed by atoms with E-state index in [1.165, 1.54) is 5.82 Å². The molecule has 0 fully saturated rings. The first-order valence-electron chi connectivity index (χ1n) is 4.12. The van der Waals surface area contributed by atoms with Crippen molar-refractivity contribution in [1.82, 2.24) is 0 Å². The lowest BCUT2D eigenvalue weighted by Gasteiger charge is -2.11. The van der Waals surface area contributed by atoms with Gasteiger partial charge in [0.05, 0.1) is 0 Å². The molecule has 14 heavy (non-hydrogen) atoms. The van der Waals surface area contributed by atoms with Crippen LogP contribution in [0.1, 0.15) is 13.3 Å². The quantitative estimate of drug-likeness (QED) is 0.501. The Morgan fingerprint density at radius 3 is 2.14 bits per heavy atom. The topological polar surface area (TPSA) is 35.5 Å². The average molecular weight is 212 g/mol. The molecule has 0 spiro atoms. The molecule has 3 nitrogen and oxygen atoms in total. The van der Waals surface area contributed by atoms with Crippen LogP contribution >= 0.6 is 7.60 Å². The fourth-order valence-electron chi connectivity index (χ4n) is 0.612. The maximum atomic E-state index is 11.8. The van der Waals surface area contributed by atoms with Crippen LogP contribution in [0.2, 0.25) is 0 Å². The molecule has 0 aromatic carbocycles. The van der Waals surface area contributed by atoms with E-state index in [0.29, 0.717) is 0 Å². The van der Waals surface area contributed by atoms with Crippen molar-refractivity contribution in [3.05, 3.63) is 11.9 Å². The summed E-state index contributed by atoms with van der Waals surface area (Å²) in [7, 11) is -3.23. The summed E-state index contributed by atoms with van der Waals surface area (Å²) in [6, 6.07) is 0. The van der Waals surface area contributed by atoms with Gasteiger partial charge in [-0.3, -0.25) is 13.6 Å². The maximum absolute atomic E-state index is 11.8. The molecule has 0 atom stereocenters. The molecule has 0 unspecified atom stereocenters. The van der Waals surface area contributed by atoms with E-state index in [4.69, 9.17) is 21.9 Å². The highest BCUT2D eigenvalue weighted by Gasteiger charge is 2.19. The second kappa shape index (κ2) is 7.42. The Hall–Kier alpha value is -0.990. The van der Waals surface area contributed by atoms with Gasteiger partial charge in [0, 0.05) is 5.82 Å². The molecular weight excluding hydrogens is 199 g/mol. The Bertz CT molecular complexity index is 284. The van der Waals surface area contributed by atoms with Crippen LogP contribution in [0.4, 0.5) is 0 Å². The summed E-state index contributed by atoms with van der Waals surface area (Å²) in [5.41, 5.74) is 0. The summed E-state index contributed by atoms with van der Waals surface area (Å²) in [6.07, 6.45) is 12.4. The first-order chi connectivity index (χ1) is 6.68. The van der Waals surface area contributed by atoms with Crippen LogP contribution < -0.4 is 0 Å². The Balaban J connectivity index is 4.36. The van der Waals surface area contributed by atoms with Crippen LogP contribution in [0.5, 0.6) is 0 Å². The van der Waals surface area contributed by atoms with E-state index >= 15 is 0 Å². The molecule has 0 saturated carbocycles. The highest BCUT2D eigenvalue weighted by atomic mass is 31.2. The van der Waals surface area contributed by atoms with Crippen LogP contribution in [0.3, 0.4) is 0 Å². The second-order valence-electron chi connectivity index (χ2n) is 2.29. The number of rotatable bonds is 6. The van der Waals surface area contributed by atoms with Gasteiger partial charge in [0.2, 0.25) is 0 Å². The van der Waals surface area contributed by atoms with Crippen LogP contribution in [0.15, 0.2) is 11.9 Å². The predicted octanol–water partition coefficient (Wildman–Crippen LogP) is 2.40. The lowest BCUT2D eigenvalue weighted by Crippen LogP contribution is -1.94. The molecule has 0 amide bonds. The first-order valence-corrected chi connectivity index (χ1v) is 5.73. The number of hydrogen-bond donors (Lipinski definition) is 0. The Labute approximate surface area is 85.0 Å². The van der Waals surface area contributed by atoms with Crippen molar-refractivity contribution < 1.29 is 13.6 Å². The number of allylic oxidation sites excluding steroid dienone is 1. The van der Waals surface area contributed by atoms with Gasteiger partial charge in [-0.15, -0.1) is 12.8 Å². The third kappa shape index (κ3) is 5.62. The third-order valence-corrected chi connectivity index (χ3v) is 2.73. The summed E-state index contributed by atoms with van der Waals surface area (Å²) in [5.74, 6) is 5.81. The van der Waals surface area contributed by atoms with Crippen LogP contribution in [-0.4, -0.2) is 13.2 Å². The monoisotopic (exact) mass is 212 g/mol. The Morgan fingerprint density at radius 2 is 1.79 bits per heavy atom. The van der Waals surface area contributed by atoms with Crippen molar-refractivity contribution in [3.63, 3.8) is 0 Å². The van der Waals surface area contributed by atoms with Gasteiger partial charge in [0.1, 0.15) is 13.2 Å². The van der Waals surface area contributed by atoms with Crippen molar-refractivity contribution in [3.8, 4) is 24.7 Å². The van der Waals surface area contributed by atoms with Crippen molar-refractivity contribution in [2.24, 2.45) is 0 Å². The van der Waals surface area contributed by atoms with E-state index in [2.05, 4.69) is 11.8 Å². The molecule has 0 aliphatic carbocycles. The SMILES string of the molecule is C#CCOP(=O)(C=CCC)OCC#C. The Kier molecular flexibility index (Phi) is 6.89. The zero-order valence-corrected chi connectivity index (χ0v) is 9.00. The summed E-state index contributed by atoms with van der Waals surface area (Å²) >= 11 is 0. The lowest BCUT2D eigenvalue weighted by atomic mass is 10.5. The van der Waals surface area contributed by atoms with Gasteiger partial charge < -0.3 is 0 Å². The molecular formula is C10H13O3P. The molecule has 0 heterocycles. The van der Waals surface area contributed by atoms with Gasteiger partial charge in [-0.1, -0.05) is 24.8 Å². The molecule has 0 aromatic rings. The minimum absolute atomic E-state index is 0.0596. The van der Waals surface area contributed by atoms with Gasteiger partial charge >= 0.3 is 7.60 Å². The van der Waals surface area contributed by atoms with Gasteiger partial charge in [0.15, 0.2) is 0 Å². The van der Waals surface area contributed by atoms with Crippen molar-refractivity contribution >= 4 is 7.60 Å². The molecule has 0 aromatic heterocycles. The molecule has 4 heteroatoms. The van der Waals surface area contributed by atoms with Crippen LogP contribution in [0, 0.1) is 24.7 Å². The smallest absolute Gasteiger partial charge is 0.293 e. The van der Waals surface area contributed by atoms with Crippen molar-refractivity contribution in [2.75, 3.05) is 13.2 Å². The molecule has 0 bridgehead atoms. The van der Waals surface area contributed by atoms with Crippen LogP contribution in [-0.2, 0) is 13.6 Å². The molecule has 76 valence electrons. The number of hydrogen-bond acceptors (Lipinski definition) is 3. The van der Waals surface area contributed by atoms with E-state index in [0.717, 1.165) is 6.42 Å². The highest BCUT2D eigenvalue weighted by molar-refractivity contribution is 7.57. The normalized spacial score (nSPS) is 11.1. The summed E-state index contributed by atoms with van der Waals surface area (Å²) < 4.78 is 21.6. The average Bonchev–Trinajstić information content (AvgIpc) is 2.21. The minimum atomic E-state index is -3.23. The second-order valence-corrected chi connectivity index (χ2v) is 4.18. The molecule has 0 rings (SSSR count). The fourth-order valence-corrected chi connectivity index (χ4v) is 1.84. The first kappa shape index (κ1) is 13.0.